The maximum Gasteiger partial charge on any atom is 0.271 e. The van der Waals surface area contributed by atoms with Gasteiger partial charge in [0.15, 0.2) is 0 Å². The molecule has 9 heteroatoms. The number of rotatable bonds is 6. The van der Waals surface area contributed by atoms with Crippen molar-refractivity contribution in [2.45, 2.75) is 18.7 Å². The van der Waals surface area contributed by atoms with Crippen LogP contribution in [-0.2, 0) is 10.0 Å². The van der Waals surface area contributed by atoms with Crippen LogP contribution in [0, 0.1) is 24.0 Å². The molecule has 0 aliphatic heterocycles. The summed E-state index contributed by atoms with van der Waals surface area (Å²) in [4.78, 5) is 23.1. The fourth-order valence-corrected chi connectivity index (χ4v) is 4.31. The summed E-state index contributed by atoms with van der Waals surface area (Å²) in [7, 11) is -2.30. The Morgan fingerprint density at radius 3 is 2.29 bits per heavy atom. The molecule has 3 rings (SSSR count). The highest BCUT2D eigenvalue weighted by Gasteiger charge is 2.23. The smallest absolute Gasteiger partial charge is 0.271 e. The van der Waals surface area contributed by atoms with Gasteiger partial charge in [-0.2, -0.15) is 0 Å². The minimum Gasteiger partial charge on any atom is -0.322 e. The molecule has 1 amide bonds. The largest absolute Gasteiger partial charge is 0.322 e. The van der Waals surface area contributed by atoms with Gasteiger partial charge in [-0.1, -0.05) is 23.8 Å². The second-order valence-corrected chi connectivity index (χ2v) is 9.02. The molecule has 0 saturated heterocycles. The van der Waals surface area contributed by atoms with Crippen LogP contribution < -0.4 is 9.62 Å². The number of anilines is 2. The molecule has 160 valence electrons. The molecule has 0 heterocycles. The molecule has 31 heavy (non-hydrogen) atoms. The molecular weight excluding hydrogens is 418 g/mol. The molecular formula is C22H21N3O5S. The highest BCUT2D eigenvalue weighted by Crippen LogP contribution is 2.27. The first kappa shape index (κ1) is 22.0. The van der Waals surface area contributed by atoms with E-state index in [2.05, 4.69) is 5.32 Å². The number of nitrogens with one attached hydrogen (secondary N) is 1. The summed E-state index contributed by atoms with van der Waals surface area (Å²) in [6, 6.07) is 16.8. The molecule has 3 aromatic carbocycles. The summed E-state index contributed by atoms with van der Waals surface area (Å²) >= 11 is 0. The second kappa shape index (κ2) is 8.57. The van der Waals surface area contributed by atoms with Gasteiger partial charge in [0.1, 0.15) is 0 Å². The van der Waals surface area contributed by atoms with E-state index in [1.165, 1.54) is 35.6 Å². The second-order valence-electron chi connectivity index (χ2n) is 7.05. The maximum atomic E-state index is 12.9. The standard InChI is InChI=1S/C22H21N3O5S/c1-15-7-10-20(11-8-15)31(29,30)24(3)21-12-9-17(13-16(21)2)22(26)23-18-5-4-6-19(14-18)25(27)28/h4-14H,1-3H3,(H,23,26). The fraction of sp³-hybridized carbons (Fsp3) is 0.136. The van der Waals surface area contributed by atoms with E-state index < -0.39 is 20.9 Å². The number of benzene rings is 3. The van der Waals surface area contributed by atoms with Crippen molar-refractivity contribution in [2.75, 3.05) is 16.7 Å². The Bertz CT molecular complexity index is 1250. The molecule has 1 N–H and O–H groups in total. The Labute approximate surface area is 180 Å². The van der Waals surface area contributed by atoms with Crippen LogP contribution in [0.4, 0.5) is 17.1 Å². The predicted molar refractivity (Wildman–Crippen MR) is 119 cm³/mol. The van der Waals surface area contributed by atoms with Crippen molar-refractivity contribution in [3.8, 4) is 0 Å². The minimum atomic E-state index is -3.76. The van der Waals surface area contributed by atoms with E-state index in [9.17, 15) is 23.3 Å². The van der Waals surface area contributed by atoms with Gasteiger partial charge >= 0.3 is 0 Å². The predicted octanol–water partition coefficient (Wildman–Crippen LogP) is 4.29. The van der Waals surface area contributed by atoms with Gasteiger partial charge in [-0.05, 0) is 55.8 Å². The van der Waals surface area contributed by atoms with Crippen molar-refractivity contribution in [3.63, 3.8) is 0 Å². The number of nitro groups is 1. The number of sulfonamides is 1. The summed E-state index contributed by atoms with van der Waals surface area (Å²) < 4.78 is 27.0. The summed E-state index contributed by atoms with van der Waals surface area (Å²) in [5.41, 5.74) is 2.44. The first-order valence-corrected chi connectivity index (χ1v) is 10.8. The van der Waals surface area contributed by atoms with Gasteiger partial charge < -0.3 is 5.32 Å². The van der Waals surface area contributed by atoms with Gasteiger partial charge in [0.05, 0.1) is 15.5 Å². The Kier molecular flexibility index (Phi) is 6.07. The fourth-order valence-electron chi connectivity index (χ4n) is 3.05. The van der Waals surface area contributed by atoms with Crippen LogP contribution in [0.5, 0.6) is 0 Å². The summed E-state index contributed by atoms with van der Waals surface area (Å²) in [6.07, 6.45) is 0. The molecule has 0 bridgehead atoms. The number of carbonyl (C=O) groups is 1. The van der Waals surface area contributed by atoms with Crippen LogP contribution in [0.15, 0.2) is 71.6 Å². The van der Waals surface area contributed by atoms with Crippen LogP contribution in [0.25, 0.3) is 0 Å². The first-order valence-electron chi connectivity index (χ1n) is 9.31. The highest BCUT2D eigenvalue weighted by atomic mass is 32.2. The lowest BCUT2D eigenvalue weighted by Crippen LogP contribution is -2.27. The Hall–Kier alpha value is -3.72. The molecule has 0 fully saturated rings. The number of non-ortho nitro benzene ring substituents is 1. The topological polar surface area (TPSA) is 110 Å². The summed E-state index contributed by atoms with van der Waals surface area (Å²) in [6.45, 7) is 3.59. The van der Waals surface area contributed by atoms with Crippen molar-refractivity contribution in [1.29, 1.82) is 0 Å². The third-order valence-corrected chi connectivity index (χ3v) is 6.58. The van der Waals surface area contributed by atoms with Crippen LogP contribution in [0.1, 0.15) is 21.5 Å². The van der Waals surface area contributed by atoms with Crippen molar-refractivity contribution in [2.24, 2.45) is 0 Å². The van der Waals surface area contributed by atoms with E-state index in [0.717, 1.165) is 5.56 Å². The number of nitro benzene ring substituents is 1. The zero-order valence-electron chi connectivity index (χ0n) is 17.2. The molecule has 0 aromatic heterocycles. The van der Waals surface area contributed by atoms with E-state index in [1.54, 1.807) is 49.4 Å². The van der Waals surface area contributed by atoms with Crippen molar-refractivity contribution in [3.05, 3.63) is 93.5 Å². The van der Waals surface area contributed by atoms with Crippen LogP contribution in [0.3, 0.4) is 0 Å². The van der Waals surface area contributed by atoms with E-state index in [4.69, 9.17) is 0 Å². The summed E-state index contributed by atoms with van der Waals surface area (Å²) in [5, 5.41) is 13.5. The lowest BCUT2D eigenvalue weighted by atomic mass is 10.1. The number of hydrogen-bond acceptors (Lipinski definition) is 5. The van der Waals surface area contributed by atoms with E-state index in [1.807, 2.05) is 6.92 Å². The molecule has 0 radical (unpaired) electrons. The van der Waals surface area contributed by atoms with Gasteiger partial charge in [0.2, 0.25) is 0 Å². The number of hydrogen-bond donors (Lipinski definition) is 1. The van der Waals surface area contributed by atoms with Gasteiger partial charge in [-0.3, -0.25) is 19.2 Å². The molecule has 0 atom stereocenters. The van der Waals surface area contributed by atoms with Crippen molar-refractivity contribution < 1.29 is 18.1 Å². The quantitative estimate of drug-likeness (QED) is 0.455. The van der Waals surface area contributed by atoms with E-state index in [0.29, 0.717) is 22.5 Å². The zero-order valence-corrected chi connectivity index (χ0v) is 18.0. The van der Waals surface area contributed by atoms with Crippen molar-refractivity contribution in [1.82, 2.24) is 0 Å². The molecule has 3 aromatic rings. The van der Waals surface area contributed by atoms with Crippen LogP contribution >= 0.6 is 0 Å². The monoisotopic (exact) mass is 439 g/mol. The third kappa shape index (κ3) is 4.72. The van der Waals surface area contributed by atoms with Crippen LogP contribution in [-0.4, -0.2) is 26.3 Å². The van der Waals surface area contributed by atoms with Gasteiger partial charge in [-0.15, -0.1) is 0 Å². The molecule has 8 nitrogen and oxygen atoms in total. The van der Waals surface area contributed by atoms with Gasteiger partial charge in [0.25, 0.3) is 21.6 Å². The van der Waals surface area contributed by atoms with Gasteiger partial charge in [-0.25, -0.2) is 8.42 Å². The lowest BCUT2D eigenvalue weighted by molar-refractivity contribution is -0.384. The van der Waals surface area contributed by atoms with Gasteiger partial charge in [0, 0.05) is 30.4 Å². The SMILES string of the molecule is Cc1ccc(S(=O)(=O)N(C)c2ccc(C(=O)Nc3cccc([N+](=O)[O-])c3)cc2C)cc1. The minimum absolute atomic E-state index is 0.132. The molecule has 0 aliphatic rings. The number of nitrogens with zero attached hydrogens (tertiary/aromatic N) is 2. The normalized spacial score (nSPS) is 11.1. The van der Waals surface area contributed by atoms with E-state index in [-0.39, 0.29) is 10.6 Å². The zero-order chi connectivity index (χ0) is 22.8. The molecule has 0 spiro atoms. The molecule has 0 unspecified atom stereocenters. The Balaban J connectivity index is 1.83. The Morgan fingerprint density at radius 1 is 1.00 bits per heavy atom. The molecule has 0 saturated carbocycles. The summed E-state index contributed by atoms with van der Waals surface area (Å²) in [5.74, 6) is -0.459. The number of aryl methyl sites for hydroxylation is 2. The third-order valence-electron chi connectivity index (χ3n) is 4.79. The average Bonchev–Trinajstić information content (AvgIpc) is 2.73. The average molecular weight is 439 g/mol. The highest BCUT2D eigenvalue weighted by molar-refractivity contribution is 7.92. The van der Waals surface area contributed by atoms with Crippen molar-refractivity contribution >= 4 is 33.0 Å². The number of amides is 1. The lowest BCUT2D eigenvalue weighted by Gasteiger charge is -2.22. The first-order chi connectivity index (χ1) is 14.6. The maximum absolute atomic E-state index is 12.9. The Morgan fingerprint density at radius 2 is 1.68 bits per heavy atom. The van der Waals surface area contributed by atoms with Crippen LogP contribution in [0.2, 0.25) is 0 Å². The van der Waals surface area contributed by atoms with E-state index >= 15 is 0 Å². The molecule has 0 aliphatic carbocycles. The number of carbonyl (C=O) groups excluding carboxylic acids is 1.